The van der Waals surface area contributed by atoms with Gasteiger partial charge < -0.3 is 10.3 Å². The summed E-state index contributed by atoms with van der Waals surface area (Å²) in [4.78, 5) is 16.9. The molecule has 1 heterocycles. The molecule has 0 aliphatic heterocycles. The molecule has 0 radical (unpaired) electrons. The zero-order chi connectivity index (χ0) is 12.3. The highest BCUT2D eigenvalue weighted by Gasteiger charge is 1.99. The average molecular weight is 247 g/mol. The number of H-pyrrole nitrogens is 2. The first-order valence-corrected chi connectivity index (χ1v) is 5.67. The van der Waals surface area contributed by atoms with E-state index in [1.165, 1.54) is 5.56 Å². The highest BCUT2D eigenvalue weighted by Crippen LogP contribution is 2.09. The van der Waals surface area contributed by atoms with E-state index in [0.29, 0.717) is 16.9 Å². The van der Waals surface area contributed by atoms with Crippen LogP contribution >= 0.6 is 12.2 Å². The first-order chi connectivity index (χ1) is 8.15. The number of anilines is 1. The number of hydrogen-bond acceptors (Lipinski definition) is 3. The maximum Gasteiger partial charge on any atom is 0.256 e. The van der Waals surface area contributed by atoms with Gasteiger partial charge in [0.1, 0.15) is 0 Å². The van der Waals surface area contributed by atoms with Crippen molar-refractivity contribution in [1.82, 2.24) is 9.97 Å². The van der Waals surface area contributed by atoms with E-state index in [0.717, 1.165) is 5.69 Å². The Morgan fingerprint density at radius 2 is 2.24 bits per heavy atom. The molecule has 0 saturated heterocycles. The van der Waals surface area contributed by atoms with Gasteiger partial charge in [0.05, 0.1) is 5.56 Å². The van der Waals surface area contributed by atoms with Crippen molar-refractivity contribution >= 4 is 17.9 Å². The molecule has 0 atom stereocenters. The van der Waals surface area contributed by atoms with Crippen molar-refractivity contribution in [3.8, 4) is 0 Å². The maximum atomic E-state index is 11.5. The van der Waals surface area contributed by atoms with Gasteiger partial charge in [0.25, 0.3) is 5.56 Å². The lowest BCUT2D eigenvalue weighted by molar-refractivity contribution is 0.994. The van der Waals surface area contributed by atoms with Crippen molar-refractivity contribution in [2.24, 2.45) is 0 Å². The molecule has 0 amide bonds. The Morgan fingerprint density at radius 3 is 2.94 bits per heavy atom. The number of aromatic nitrogens is 2. The van der Waals surface area contributed by atoms with Gasteiger partial charge in [-0.3, -0.25) is 9.78 Å². The summed E-state index contributed by atoms with van der Waals surface area (Å²) in [5, 5.41) is 3.19. The van der Waals surface area contributed by atoms with Gasteiger partial charge in [-0.2, -0.15) is 0 Å². The lowest BCUT2D eigenvalue weighted by atomic mass is 10.2. The minimum absolute atomic E-state index is 0.158. The molecule has 0 unspecified atom stereocenters. The van der Waals surface area contributed by atoms with E-state index in [2.05, 4.69) is 15.3 Å². The predicted molar refractivity (Wildman–Crippen MR) is 70.8 cm³/mol. The van der Waals surface area contributed by atoms with Gasteiger partial charge in [0.15, 0.2) is 4.77 Å². The Morgan fingerprint density at radius 1 is 1.41 bits per heavy atom. The van der Waals surface area contributed by atoms with Crippen molar-refractivity contribution in [1.29, 1.82) is 0 Å². The molecule has 0 saturated carbocycles. The minimum Gasteiger partial charge on any atom is -0.381 e. The van der Waals surface area contributed by atoms with Crippen molar-refractivity contribution in [2.45, 2.75) is 13.5 Å². The molecule has 88 valence electrons. The van der Waals surface area contributed by atoms with E-state index in [4.69, 9.17) is 12.2 Å². The van der Waals surface area contributed by atoms with E-state index in [9.17, 15) is 4.79 Å². The SMILES string of the molecule is Cc1cccc(NCc2c[nH]c(=S)[nH]c2=O)c1. The van der Waals surface area contributed by atoms with E-state index < -0.39 is 0 Å². The van der Waals surface area contributed by atoms with Gasteiger partial charge in [0, 0.05) is 18.4 Å². The van der Waals surface area contributed by atoms with Crippen LogP contribution in [0.2, 0.25) is 0 Å². The molecule has 3 N–H and O–H groups in total. The van der Waals surface area contributed by atoms with Gasteiger partial charge in [-0.15, -0.1) is 0 Å². The van der Waals surface area contributed by atoms with Crippen LogP contribution in [0.25, 0.3) is 0 Å². The van der Waals surface area contributed by atoms with Crippen LogP contribution in [0.4, 0.5) is 5.69 Å². The monoisotopic (exact) mass is 247 g/mol. The average Bonchev–Trinajstić information content (AvgIpc) is 2.28. The second-order valence-electron chi connectivity index (χ2n) is 3.82. The Balaban J connectivity index is 2.12. The van der Waals surface area contributed by atoms with E-state index in [1.807, 2.05) is 31.2 Å². The second kappa shape index (κ2) is 4.97. The molecule has 5 heteroatoms. The van der Waals surface area contributed by atoms with Gasteiger partial charge in [-0.05, 0) is 36.8 Å². The Hall–Kier alpha value is -1.88. The molecule has 0 spiro atoms. The fourth-order valence-electron chi connectivity index (χ4n) is 1.52. The number of benzene rings is 1. The molecule has 1 aromatic heterocycles. The molecule has 17 heavy (non-hydrogen) atoms. The summed E-state index contributed by atoms with van der Waals surface area (Å²) < 4.78 is 0.342. The van der Waals surface area contributed by atoms with Crippen LogP contribution in [0.3, 0.4) is 0 Å². The highest BCUT2D eigenvalue weighted by atomic mass is 32.1. The van der Waals surface area contributed by atoms with E-state index in [1.54, 1.807) is 6.20 Å². The summed E-state index contributed by atoms with van der Waals surface area (Å²) in [6, 6.07) is 7.99. The standard InChI is InChI=1S/C12H13N3OS/c1-8-3-2-4-10(5-8)13-6-9-7-14-12(17)15-11(9)16/h2-5,7,13H,6H2,1H3,(H2,14,15,16,17). The van der Waals surface area contributed by atoms with Crippen molar-refractivity contribution < 1.29 is 0 Å². The number of rotatable bonds is 3. The largest absolute Gasteiger partial charge is 0.381 e. The van der Waals surface area contributed by atoms with Crippen LogP contribution < -0.4 is 10.9 Å². The lowest BCUT2D eigenvalue weighted by Gasteiger charge is -2.06. The zero-order valence-electron chi connectivity index (χ0n) is 9.41. The molecule has 0 bridgehead atoms. The summed E-state index contributed by atoms with van der Waals surface area (Å²) in [7, 11) is 0. The first-order valence-electron chi connectivity index (χ1n) is 5.26. The molecule has 0 aliphatic carbocycles. The number of hydrogen-bond donors (Lipinski definition) is 3. The summed E-state index contributed by atoms with van der Waals surface area (Å²) in [6.07, 6.45) is 1.63. The quantitative estimate of drug-likeness (QED) is 0.730. The first kappa shape index (κ1) is 11.6. The van der Waals surface area contributed by atoms with Crippen LogP contribution in [0.1, 0.15) is 11.1 Å². The van der Waals surface area contributed by atoms with Crippen LogP contribution in [0.5, 0.6) is 0 Å². The summed E-state index contributed by atoms with van der Waals surface area (Å²) in [5.74, 6) is 0. The third kappa shape index (κ3) is 3.04. The summed E-state index contributed by atoms with van der Waals surface area (Å²) in [6.45, 7) is 2.49. The highest BCUT2D eigenvalue weighted by molar-refractivity contribution is 7.71. The van der Waals surface area contributed by atoms with Crippen LogP contribution in [-0.2, 0) is 6.54 Å². The van der Waals surface area contributed by atoms with Gasteiger partial charge in [0.2, 0.25) is 0 Å². The smallest absolute Gasteiger partial charge is 0.256 e. The summed E-state index contributed by atoms with van der Waals surface area (Å²) in [5.41, 5.74) is 2.64. The summed E-state index contributed by atoms with van der Waals surface area (Å²) >= 11 is 4.82. The minimum atomic E-state index is -0.158. The van der Waals surface area contributed by atoms with Gasteiger partial charge in [-0.25, -0.2) is 0 Å². The van der Waals surface area contributed by atoms with E-state index >= 15 is 0 Å². The van der Waals surface area contributed by atoms with E-state index in [-0.39, 0.29) is 5.56 Å². The third-order valence-electron chi connectivity index (χ3n) is 2.40. The molecular formula is C12H13N3OS. The molecule has 0 fully saturated rings. The molecule has 1 aromatic carbocycles. The molecule has 0 aliphatic rings. The van der Waals surface area contributed by atoms with Crippen molar-refractivity contribution in [3.63, 3.8) is 0 Å². The fourth-order valence-corrected chi connectivity index (χ4v) is 1.67. The molecular weight excluding hydrogens is 234 g/mol. The normalized spacial score (nSPS) is 10.2. The molecule has 2 rings (SSSR count). The van der Waals surface area contributed by atoms with Crippen LogP contribution in [-0.4, -0.2) is 9.97 Å². The van der Waals surface area contributed by atoms with Gasteiger partial charge >= 0.3 is 0 Å². The van der Waals surface area contributed by atoms with Crippen LogP contribution in [0.15, 0.2) is 35.3 Å². The maximum absolute atomic E-state index is 11.5. The Kier molecular flexibility index (Phi) is 3.39. The number of nitrogens with one attached hydrogen (secondary N) is 3. The topological polar surface area (TPSA) is 60.7 Å². The second-order valence-corrected chi connectivity index (χ2v) is 4.23. The number of aryl methyl sites for hydroxylation is 1. The Labute approximate surface area is 104 Å². The molecule has 2 aromatic rings. The predicted octanol–water partition coefficient (Wildman–Crippen LogP) is 2.35. The van der Waals surface area contributed by atoms with Gasteiger partial charge in [-0.1, -0.05) is 12.1 Å². The van der Waals surface area contributed by atoms with Crippen LogP contribution in [0, 0.1) is 11.7 Å². The zero-order valence-corrected chi connectivity index (χ0v) is 10.2. The Bertz CT molecular complexity index is 630. The third-order valence-corrected chi connectivity index (χ3v) is 2.62. The van der Waals surface area contributed by atoms with Crippen molar-refractivity contribution in [3.05, 3.63) is 56.7 Å². The fraction of sp³-hybridized carbons (Fsp3) is 0.167. The molecule has 4 nitrogen and oxygen atoms in total. The van der Waals surface area contributed by atoms with Crippen molar-refractivity contribution in [2.75, 3.05) is 5.32 Å². The number of aromatic amines is 2. The lowest BCUT2D eigenvalue weighted by Crippen LogP contribution is -2.16.